The second-order valence-electron chi connectivity index (χ2n) is 3.82. The van der Waals surface area contributed by atoms with Crippen LogP contribution in [-0.2, 0) is 17.3 Å². The van der Waals surface area contributed by atoms with Gasteiger partial charge in [-0.1, -0.05) is 6.92 Å². The molecular formula is C12H17N3OS. The lowest BCUT2D eigenvalue weighted by molar-refractivity contribution is 0.674. The van der Waals surface area contributed by atoms with E-state index in [1.807, 2.05) is 19.2 Å². The van der Waals surface area contributed by atoms with Crippen LogP contribution in [0.2, 0.25) is 0 Å². The first kappa shape index (κ1) is 12.3. The fraction of sp³-hybridized carbons (Fsp3) is 0.417. The summed E-state index contributed by atoms with van der Waals surface area (Å²) in [5, 5.41) is 4.45. The van der Waals surface area contributed by atoms with Crippen LogP contribution in [0.15, 0.2) is 24.5 Å². The molecule has 1 unspecified atom stereocenters. The number of nitrogens with one attached hydrogen (secondary N) is 2. The Morgan fingerprint density at radius 2 is 2.41 bits per heavy atom. The highest BCUT2D eigenvalue weighted by Crippen LogP contribution is 2.14. The summed E-state index contributed by atoms with van der Waals surface area (Å²) in [6, 6.07) is 3.99. The first-order valence-corrected chi connectivity index (χ1v) is 7.26. The third-order valence-corrected chi connectivity index (χ3v) is 3.98. The molecule has 0 fully saturated rings. The van der Waals surface area contributed by atoms with Crippen molar-refractivity contribution < 1.29 is 4.21 Å². The molecule has 0 aliphatic heterocycles. The quantitative estimate of drug-likeness (QED) is 0.763. The maximum absolute atomic E-state index is 11.2. The Hall–Kier alpha value is -1.20. The second-order valence-corrected chi connectivity index (χ2v) is 5.69. The molecule has 2 N–H and O–H groups in total. The van der Waals surface area contributed by atoms with E-state index in [4.69, 9.17) is 0 Å². The van der Waals surface area contributed by atoms with E-state index in [9.17, 15) is 4.21 Å². The predicted molar refractivity (Wildman–Crippen MR) is 71.4 cm³/mol. The van der Waals surface area contributed by atoms with Crippen molar-refractivity contribution in [1.29, 1.82) is 0 Å². The topological polar surface area (TPSA) is 57.8 Å². The zero-order valence-electron chi connectivity index (χ0n) is 9.90. The molecule has 0 amide bonds. The Kier molecular flexibility index (Phi) is 4.28. The lowest BCUT2D eigenvalue weighted by atomic mass is 10.2. The fourth-order valence-electron chi connectivity index (χ4n) is 1.71. The van der Waals surface area contributed by atoms with Crippen LogP contribution in [0, 0.1) is 0 Å². The van der Waals surface area contributed by atoms with Crippen LogP contribution in [0.4, 0.5) is 0 Å². The highest BCUT2D eigenvalue weighted by molar-refractivity contribution is 7.84. The molecule has 1 atom stereocenters. The van der Waals surface area contributed by atoms with Crippen molar-refractivity contribution in [3.05, 3.63) is 30.1 Å². The normalized spacial score (nSPS) is 13.0. The van der Waals surface area contributed by atoms with Gasteiger partial charge in [-0.2, -0.15) is 0 Å². The Morgan fingerprint density at radius 3 is 3.24 bits per heavy atom. The summed E-state index contributed by atoms with van der Waals surface area (Å²) in [6.07, 6.45) is 3.75. The van der Waals surface area contributed by atoms with Crippen LogP contribution in [-0.4, -0.2) is 32.2 Å². The molecule has 0 radical (unpaired) electrons. The van der Waals surface area contributed by atoms with Crippen molar-refractivity contribution in [2.75, 3.05) is 18.1 Å². The number of fused-ring (bicyclic) bond motifs is 1. The minimum absolute atomic E-state index is 0.685. The summed E-state index contributed by atoms with van der Waals surface area (Å²) in [6.45, 7) is 3.52. The van der Waals surface area contributed by atoms with Crippen molar-refractivity contribution >= 4 is 21.8 Å². The third kappa shape index (κ3) is 3.14. The summed E-state index contributed by atoms with van der Waals surface area (Å²) in [5.41, 5.74) is 2.12. The lowest BCUT2D eigenvalue weighted by Crippen LogP contribution is -2.20. The van der Waals surface area contributed by atoms with Crippen molar-refractivity contribution in [1.82, 2.24) is 15.3 Å². The highest BCUT2D eigenvalue weighted by Gasteiger charge is 2.03. The van der Waals surface area contributed by atoms with Crippen molar-refractivity contribution in [2.45, 2.75) is 13.5 Å². The van der Waals surface area contributed by atoms with Crippen molar-refractivity contribution in [2.24, 2.45) is 0 Å². The number of nitrogens with zero attached hydrogens (tertiary/aromatic N) is 1. The summed E-state index contributed by atoms with van der Waals surface area (Å²) in [7, 11) is -0.685. The number of pyridine rings is 1. The molecule has 5 heteroatoms. The summed E-state index contributed by atoms with van der Waals surface area (Å²) >= 11 is 0. The largest absolute Gasteiger partial charge is 0.346 e. The van der Waals surface area contributed by atoms with Crippen LogP contribution in [0.25, 0.3) is 11.0 Å². The Balaban J connectivity index is 1.89. The van der Waals surface area contributed by atoms with E-state index in [1.54, 1.807) is 6.20 Å². The van der Waals surface area contributed by atoms with Crippen LogP contribution >= 0.6 is 0 Å². The van der Waals surface area contributed by atoms with Gasteiger partial charge >= 0.3 is 0 Å². The molecule has 0 aliphatic carbocycles. The van der Waals surface area contributed by atoms with E-state index in [0.717, 1.165) is 35.6 Å². The van der Waals surface area contributed by atoms with Gasteiger partial charge in [-0.3, -0.25) is 4.21 Å². The lowest BCUT2D eigenvalue weighted by Gasteiger charge is -2.03. The average molecular weight is 251 g/mol. The van der Waals surface area contributed by atoms with Gasteiger partial charge < -0.3 is 10.3 Å². The van der Waals surface area contributed by atoms with E-state index in [-0.39, 0.29) is 0 Å². The number of rotatable bonds is 6. The van der Waals surface area contributed by atoms with Crippen molar-refractivity contribution in [3.8, 4) is 0 Å². The zero-order chi connectivity index (χ0) is 12.1. The van der Waals surface area contributed by atoms with Crippen LogP contribution < -0.4 is 5.32 Å². The molecule has 2 aromatic heterocycles. The molecule has 2 rings (SSSR count). The van der Waals surface area contributed by atoms with Gasteiger partial charge in [-0.05, 0) is 17.7 Å². The van der Waals surface area contributed by atoms with E-state index in [0.29, 0.717) is 0 Å². The molecule has 0 spiro atoms. The van der Waals surface area contributed by atoms with Crippen LogP contribution in [0.3, 0.4) is 0 Å². The minimum atomic E-state index is -0.685. The van der Waals surface area contributed by atoms with Crippen LogP contribution in [0.1, 0.15) is 12.5 Å². The molecule has 0 bridgehead atoms. The number of hydrogen-bond acceptors (Lipinski definition) is 3. The molecule has 2 aromatic rings. The molecule has 92 valence electrons. The summed E-state index contributed by atoms with van der Waals surface area (Å²) in [5.74, 6) is 1.45. The van der Waals surface area contributed by atoms with Crippen LogP contribution in [0.5, 0.6) is 0 Å². The van der Waals surface area contributed by atoms with Gasteiger partial charge in [-0.25, -0.2) is 4.98 Å². The van der Waals surface area contributed by atoms with Gasteiger partial charge in [0.15, 0.2) is 0 Å². The maximum atomic E-state index is 11.2. The predicted octanol–water partition coefficient (Wildman–Crippen LogP) is 1.42. The van der Waals surface area contributed by atoms with Gasteiger partial charge in [0.2, 0.25) is 0 Å². The summed E-state index contributed by atoms with van der Waals surface area (Å²) < 4.78 is 11.2. The fourth-order valence-corrected chi connectivity index (χ4v) is 2.37. The first-order valence-electron chi connectivity index (χ1n) is 5.78. The standard InChI is InChI=1S/C12H17N3OS/c1-2-17(16)7-6-13-8-10-9-15-12-11(10)4-3-5-14-12/h3-5,9,13H,2,6-8H2,1H3,(H,14,15). The smallest absolute Gasteiger partial charge is 0.137 e. The Bertz CT molecular complexity index is 509. The Morgan fingerprint density at radius 1 is 1.53 bits per heavy atom. The summed E-state index contributed by atoms with van der Waals surface area (Å²) in [4.78, 5) is 7.38. The van der Waals surface area contributed by atoms with Crippen molar-refractivity contribution in [3.63, 3.8) is 0 Å². The highest BCUT2D eigenvalue weighted by atomic mass is 32.2. The maximum Gasteiger partial charge on any atom is 0.137 e. The molecule has 2 heterocycles. The molecule has 4 nitrogen and oxygen atoms in total. The molecule has 0 aliphatic rings. The SMILES string of the molecule is CCS(=O)CCNCc1c[nH]c2ncccc12. The Labute approximate surface area is 103 Å². The van der Waals surface area contributed by atoms with E-state index in [1.165, 1.54) is 5.56 Å². The van der Waals surface area contributed by atoms with E-state index >= 15 is 0 Å². The number of aromatic nitrogens is 2. The molecule has 0 aromatic carbocycles. The minimum Gasteiger partial charge on any atom is -0.346 e. The first-order chi connectivity index (χ1) is 8.31. The van der Waals surface area contributed by atoms with E-state index < -0.39 is 10.8 Å². The third-order valence-electron chi connectivity index (χ3n) is 2.68. The second kappa shape index (κ2) is 5.93. The molecule has 0 saturated heterocycles. The molecular weight excluding hydrogens is 234 g/mol. The number of H-pyrrole nitrogens is 1. The molecule has 0 saturated carbocycles. The number of aromatic amines is 1. The average Bonchev–Trinajstić information content (AvgIpc) is 2.78. The zero-order valence-corrected chi connectivity index (χ0v) is 10.7. The van der Waals surface area contributed by atoms with Gasteiger partial charge in [0, 0.05) is 53.2 Å². The monoisotopic (exact) mass is 251 g/mol. The van der Waals surface area contributed by atoms with E-state index in [2.05, 4.69) is 21.4 Å². The molecule has 17 heavy (non-hydrogen) atoms. The van der Waals surface area contributed by atoms with Gasteiger partial charge in [-0.15, -0.1) is 0 Å². The van der Waals surface area contributed by atoms with Gasteiger partial charge in [0.1, 0.15) is 5.65 Å². The number of hydrogen-bond donors (Lipinski definition) is 2. The van der Waals surface area contributed by atoms with Gasteiger partial charge in [0.25, 0.3) is 0 Å². The van der Waals surface area contributed by atoms with Gasteiger partial charge in [0.05, 0.1) is 0 Å².